The Morgan fingerprint density at radius 2 is 1.50 bits per heavy atom. The molecule has 0 fully saturated rings. The lowest BCUT2D eigenvalue weighted by atomic mass is 10.0. The molecule has 0 heteroatoms. The highest BCUT2D eigenvalue weighted by atomic mass is 14.0. The van der Waals surface area contributed by atoms with Gasteiger partial charge in [0.1, 0.15) is 0 Å². The summed E-state index contributed by atoms with van der Waals surface area (Å²) >= 11 is 0. The first kappa shape index (κ1) is 10.9. The van der Waals surface area contributed by atoms with Gasteiger partial charge in [0.05, 0.1) is 0 Å². The molecule has 0 saturated carbocycles. The van der Waals surface area contributed by atoms with E-state index in [9.17, 15) is 0 Å². The van der Waals surface area contributed by atoms with Crippen LogP contribution in [0.2, 0.25) is 0 Å². The highest BCUT2D eigenvalue weighted by Gasteiger charge is 1.96. The molecule has 0 spiro atoms. The third kappa shape index (κ3) is 2.73. The van der Waals surface area contributed by atoms with Gasteiger partial charge in [0.15, 0.2) is 0 Å². The molecule has 0 atom stereocenters. The minimum atomic E-state index is 1.03. The summed E-state index contributed by atoms with van der Waals surface area (Å²) in [5, 5.41) is 0. The van der Waals surface area contributed by atoms with Crippen molar-refractivity contribution >= 4 is 0 Å². The normalized spacial score (nSPS) is 10.4. The third-order valence-electron chi connectivity index (χ3n) is 2.92. The lowest BCUT2D eigenvalue weighted by Gasteiger charge is -2.04. The van der Waals surface area contributed by atoms with Crippen LogP contribution in [0.15, 0.2) is 48.5 Å². The van der Waals surface area contributed by atoms with Gasteiger partial charge in [-0.05, 0) is 36.5 Å². The van der Waals surface area contributed by atoms with Crippen molar-refractivity contribution in [3.63, 3.8) is 0 Å². The summed E-state index contributed by atoms with van der Waals surface area (Å²) in [6, 6.07) is 17.7. The maximum atomic E-state index is 2.26. The van der Waals surface area contributed by atoms with Gasteiger partial charge in [-0.1, -0.05) is 61.0 Å². The van der Waals surface area contributed by atoms with E-state index in [2.05, 4.69) is 62.4 Å². The summed E-state index contributed by atoms with van der Waals surface area (Å²) in [5.74, 6) is 0. The summed E-state index contributed by atoms with van der Waals surface area (Å²) < 4.78 is 0. The second-order valence-corrected chi connectivity index (χ2v) is 4.34. The first-order chi connectivity index (χ1) is 7.78. The Morgan fingerprint density at radius 1 is 0.812 bits per heavy atom. The first-order valence-corrected chi connectivity index (χ1v) is 5.91. The van der Waals surface area contributed by atoms with Gasteiger partial charge in [-0.25, -0.2) is 0 Å². The van der Waals surface area contributed by atoms with Crippen LogP contribution in [0, 0.1) is 6.92 Å². The van der Waals surface area contributed by atoms with Gasteiger partial charge in [0, 0.05) is 0 Å². The fourth-order valence-electron chi connectivity index (χ4n) is 1.95. The summed E-state index contributed by atoms with van der Waals surface area (Å²) in [7, 11) is 0. The van der Waals surface area contributed by atoms with Crippen molar-refractivity contribution in [1.82, 2.24) is 0 Å². The Balaban J connectivity index is 2.14. The summed E-state index contributed by atoms with van der Waals surface area (Å²) in [6.45, 7) is 4.33. The zero-order valence-electron chi connectivity index (χ0n) is 10.0. The molecule has 0 unspecified atom stereocenters. The monoisotopic (exact) mass is 210 g/mol. The number of rotatable bonds is 3. The number of benzene rings is 2. The molecular formula is C16H18. The van der Waals surface area contributed by atoms with Gasteiger partial charge in [0.25, 0.3) is 0 Å². The predicted octanol–water partition coefficient (Wildman–Crippen LogP) is 4.15. The average Bonchev–Trinajstić information content (AvgIpc) is 2.30. The van der Waals surface area contributed by atoms with Crippen molar-refractivity contribution in [2.45, 2.75) is 26.7 Å². The van der Waals surface area contributed by atoms with Gasteiger partial charge in [-0.15, -0.1) is 0 Å². The maximum absolute atomic E-state index is 2.26. The van der Waals surface area contributed by atoms with Crippen molar-refractivity contribution in [2.75, 3.05) is 0 Å². The quantitative estimate of drug-likeness (QED) is 0.714. The van der Waals surface area contributed by atoms with Gasteiger partial charge in [-0.3, -0.25) is 0 Å². The molecule has 2 rings (SSSR count). The lowest BCUT2D eigenvalue weighted by Crippen LogP contribution is -1.89. The van der Waals surface area contributed by atoms with Crippen molar-refractivity contribution < 1.29 is 0 Å². The van der Waals surface area contributed by atoms with Crippen molar-refractivity contribution in [1.29, 1.82) is 0 Å². The Kier molecular flexibility index (Phi) is 3.40. The van der Waals surface area contributed by atoms with E-state index in [-0.39, 0.29) is 0 Å². The zero-order chi connectivity index (χ0) is 11.4. The van der Waals surface area contributed by atoms with Crippen LogP contribution < -0.4 is 0 Å². The number of hydrogen-bond acceptors (Lipinski definition) is 0. The van der Waals surface area contributed by atoms with Gasteiger partial charge < -0.3 is 0 Å². The van der Waals surface area contributed by atoms with Gasteiger partial charge in [-0.2, -0.15) is 0 Å². The highest BCUT2D eigenvalue weighted by Crippen LogP contribution is 2.12. The molecule has 2 aromatic carbocycles. The maximum Gasteiger partial charge on any atom is -0.00257 e. The number of aryl methyl sites for hydroxylation is 2. The van der Waals surface area contributed by atoms with E-state index in [1.807, 2.05) is 0 Å². The molecule has 0 heterocycles. The van der Waals surface area contributed by atoms with Crippen LogP contribution in [0.3, 0.4) is 0 Å². The van der Waals surface area contributed by atoms with Crippen LogP contribution in [0.5, 0.6) is 0 Å². The van der Waals surface area contributed by atoms with E-state index in [4.69, 9.17) is 0 Å². The Labute approximate surface area is 97.9 Å². The Bertz CT molecular complexity index is 452. The van der Waals surface area contributed by atoms with Crippen molar-refractivity contribution in [3.8, 4) is 0 Å². The molecule has 0 amide bonds. The van der Waals surface area contributed by atoms with E-state index in [0.29, 0.717) is 0 Å². The Morgan fingerprint density at radius 3 is 2.12 bits per heavy atom. The fraction of sp³-hybridized carbons (Fsp3) is 0.250. The lowest BCUT2D eigenvalue weighted by molar-refractivity contribution is 1.12. The van der Waals surface area contributed by atoms with E-state index >= 15 is 0 Å². The summed E-state index contributed by atoms with van der Waals surface area (Å²) in [4.78, 5) is 0. The smallest absolute Gasteiger partial charge is 0.00257 e. The van der Waals surface area contributed by atoms with Crippen LogP contribution >= 0.6 is 0 Å². The number of hydrogen-bond donors (Lipinski definition) is 0. The molecule has 2 aromatic rings. The fourth-order valence-corrected chi connectivity index (χ4v) is 1.95. The molecule has 0 aliphatic carbocycles. The molecule has 0 saturated heterocycles. The van der Waals surface area contributed by atoms with Crippen LogP contribution in [-0.2, 0) is 12.8 Å². The second-order valence-electron chi connectivity index (χ2n) is 4.34. The minimum absolute atomic E-state index is 1.03. The minimum Gasteiger partial charge on any atom is -0.0617 e. The second kappa shape index (κ2) is 4.98. The van der Waals surface area contributed by atoms with Crippen LogP contribution in [-0.4, -0.2) is 0 Å². The molecule has 0 radical (unpaired) electrons. The van der Waals surface area contributed by atoms with E-state index < -0.39 is 0 Å². The summed E-state index contributed by atoms with van der Waals surface area (Å²) in [6.07, 6.45) is 2.15. The largest absolute Gasteiger partial charge is 0.0617 e. The van der Waals surface area contributed by atoms with Crippen LogP contribution in [0.1, 0.15) is 29.2 Å². The molecule has 0 aromatic heterocycles. The first-order valence-electron chi connectivity index (χ1n) is 5.91. The zero-order valence-corrected chi connectivity index (χ0v) is 10.0. The molecule has 16 heavy (non-hydrogen) atoms. The Hall–Kier alpha value is -1.56. The molecule has 0 aliphatic rings. The van der Waals surface area contributed by atoms with Crippen LogP contribution in [0.4, 0.5) is 0 Å². The molecular weight excluding hydrogens is 192 g/mol. The van der Waals surface area contributed by atoms with Crippen molar-refractivity contribution in [3.05, 3.63) is 70.8 Å². The predicted molar refractivity (Wildman–Crippen MR) is 69.8 cm³/mol. The molecule has 82 valence electrons. The topological polar surface area (TPSA) is 0 Å². The van der Waals surface area contributed by atoms with E-state index in [0.717, 1.165) is 12.8 Å². The van der Waals surface area contributed by atoms with Gasteiger partial charge in [0.2, 0.25) is 0 Å². The molecule has 0 aliphatic heterocycles. The highest BCUT2D eigenvalue weighted by molar-refractivity contribution is 5.30. The molecule has 0 nitrogen and oxygen atoms in total. The van der Waals surface area contributed by atoms with Gasteiger partial charge >= 0.3 is 0 Å². The third-order valence-corrected chi connectivity index (χ3v) is 2.92. The van der Waals surface area contributed by atoms with Crippen molar-refractivity contribution in [2.24, 2.45) is 0 Å². The van der Waals surface area contributed by atoms with E-state index in [1.165, 1.54) is 22.3 Å². The van der Waals surface area contributed by atoms with Crippen LogP contribution in [0.25, 0.3) is 0 Å². The van der Waals surface area contributed by atoms with E-state index in [1.54, 1.807) is 0 Å². The molecule has 0 N–H and O–H groups in total. The average molecular weight is 210 g/mol. The molecule has 0 bridgehead atoms. The summed E-state index contributed by atoms with van der Waals surface area (Å²) in [5.41, 5.74) is 5.53. The standard InChI is InChI=1S/C16H18/c1-3-14-7-9-15(10-8-14)12-16-6-4-5-13(2)11-16/h4-11H,3,12H2,1-2H3. The SMILES string of the molecule is CCc1ccc(Cc2cccc(C)c2)cc1.